The summed E-state index contributed by atoms with van der Waals surface area (Å²) in [4.78, 5) is 37.1. The molecule has 1 N–H and O–H groups in total. The monoisotopic (exact) mass is 316 g/mol. The molecule has 0 spiro atoms. The Hall–Kier alpha value is -1.79. The number of rotatable bonds is 6. The van der Waals surface area contributed by atoms with Crippen molar-refractivity contribution in [1.29, 1.82) is 0 Å². The molecule has 0 aromatic rings. The quantitative estimate of drug-likeness (QED) is 0.754. The van der Waals surface area contributed by atoms with Gasteiger partial charge in [-0.1, -0.05) is 13.3 Å². The van der Waals surface area contributed by atoms with Crippen molar-refractivity contribution >= 4 is 18.0 Å². The van der Waals surface area contributed by atoms with Crippen molar-refractivity contribution in [2.45, 2.75) is 65.1 Å². The van der Waals surface area contributed by atoms with Crippen molar-refractivity contribution in [3.05, 3.63) is 0 Å². The Balaban J connectivity index is 4.77. The molecule has 7 heteroatoms. The Kier molecular flexibility index (Phi) is 7.90. The standard InChI is InChI=1S/C15H28N2O5/c1-8-9-11(13(19)21-7)17(6)12(18)10(2)16-14(20)22-15(3,4)5/h10-11H,8-9H2,1-7H3,(H,16,20)/t10-,11-/m0/s1. The molecule has 2 atom stereocenters. The Bertz CT molecular complexity index is 403. The second kappa shape index (κ2) is 8.60. The smallest absolute Gasteiger partial charge is 0.408 e. The summed E-state index contributed by atoms with van der Waals surface area (Å²) < 4.78 is 9.82. The first-order valence-corrected chi connectivity index (χ1v) is 7.37. The van der Waals surface area contributed by atoms with Crippen LogP contribution in [0.1, 0.15) is 47.5 Å². The van der Waals surface area contributed by atoms with Crippen molar-refractivity contribution in [3.63, 3.8) is 0 Å². The third-order valence-electron chi connectivity index (χ3n) is 2.95. The van der Waals surface area contributed by atoms with E-state index >= 15 is 0 Å². The van der Waals surface area contributed by atoms with Gasteiger partial charge in [-0.15, -0.1) is 0 Å². The number of nitrogens with zero attached hydrogens (tertiary/aromatic N) is 1. The zero-order chi connectivity index (χ0) is 17.5. The minimum absolute atomic E-state index is 0.380. The lowest BCUT2D eigenvalue weighted by molar-refractivity contribution is -0.152. The van der Waals surface area contributed by atoms with E-state index < -0.39 is 29.7 Å². The number of hydrogen-bond acceptors (Lipinski definition) is 5. The number of esters is 1. The molecule has 7 nitrogen and oxygen atoms in total. The van der Waals surface area contributed by atoms with Gasteiger partial charge in [0.1, 0.15) is 17.7 Å². The lowest BCUT2D eigenvalue weighted by Crippen LogP contribution is -2.52. The van der Waals surface area contributed by atoms with Gasteiger partial charge in [0, 0.05) is 7.05 Å². The number of methoxy groups -OCH3 is 1. The van der Waals surface area contributed by atoms with E-state index in [1.807, 2.05) is 6.92 Å². The number of likely N-dealkylation sites (N-methyl/N-ethyl adjacent to an activating group) is 1. The largest absolute Gasteiger partial charge is 0.467 e. The summed E-state index contributed by atoms with van der Waals surface area (Å²) >= 11 is 0. The Labute approximate surface area is 132 Å². The normalized spacial score (nSPS) is 13.8. The number of carbonyl (C=O) groups is 3. The van der Waals surface area contributed by atoms with Gasteiger partial charge in [-0.05, 0) is 34.1 Å². The molecule has 0 aromatic heterocycles. The van der Waals surface area contributed by atoms with Gasteiger partial charge in [-0.3, -0.25) is 4.79 Å². The average Bonchev–Trinajstić information content (AvgIpc) is 2.40. The molecule has 0 aromatic carbocycles. The van der Waals surface area contributed by atoms with E-state index in [4.69, 9.17) is 9.47 Å². The molecule has 0 rings (SSSR count). The van der Waals surface area contributed by atoms with Gasteiger partial charge >= 0.3 is 12.1 Å². The summed E-state index contributed by atoms with van der Waals surface area (Å²) in [6.07, 6.45) is 0.547. The molecule has 0 saturated heterocycles. The van der Waals surface area contributed by atoms with Crippen LogP contribution in [0, 0.1) is 0 Å². The molecule has 0 aliphatic heterocycles. The van der Waals surface area contributed by atoms with E-state index in [2.05, 4.69) is 5.32 Å². The van der Waals surface area contributed by atoms with E-state index in [-0.39, 0.29) is 5.91 Å². The van der Waals surface area contributed by atoms with Crippen LogP contribution in [0.4, 0.5) is 4.79 Å². The minimum atomic E-state index is -0.802. The van der Waals surface area contributed by atoms with Crippen LogP contribution in [-0.2, 0) is 19.1 Å². The SMILES string of the molecule is CCC[C@@H](C(=O)OC)N(C)C(=O)[C@H](C)NC(=O)OC(C)(C)C. The Morgan fingerprint density at radius 2 is 1.77 bits per heavy atom. The zero-order valence-electron chi connectivity index (χ0n) is 14.6. The molecule has 0 radical (unpaired) electrons. The van der Waals surface area contributed by atoms with Crippen molar-refractivity contribution < 1.29 is 23.9 Å². The van der Waals surface area contributed by atoms with E-state index in [0.29, 0.717) is 6.42 Å². The van der Waals surface area contributed by atoms with Gasteiger partial charge in [0.05, 0.1) is 7.11 Å². The van der Waals surface area contributed by atoms with E-state index in [1.165, 1.54) is 19.1 Å². The van der Waals surface area contributed by atoms with Crippen LogP contribution in [-0.4, -0.2) is 54.7 Å². The summed E-state index contributed by atoms with van der Waals surface area (Å²) in [6.45, 7) is 8.67. The Morgan fingerprint density at radius 3 is 2.18 bits per heavy atom. The van der Waals surface area contributed by atoms with Crippen LogP contribution in [0.3, 0.4) is 0 Å². The summed E-state index contributed by atoms with van der Waals surface area (Å²) in [7, 11) is 2.80. The molecule has 0 aliphatic carbocycles. The highest BCUT2D eigenvalue weighted by molar-refractivity contribution is 5.89. The van der Waals surface area contributed by atoms with Crippen LogP contribution in [0.2, 0.25) is 0 Å². The molecule has 2 amide bonds. The summed E-state index contributed by atoms with van der Waals surface area (Å²) in [5.41, 5.74) is -0.643. The number of carbonyl (C=O) groups excluding carboxylic acids is 3. The van der Waals surface area contributed by atoms with Gasteiger partial charge in [-0.2, -0.15) is 0 Å². The highest BCUT2D eigenvalue weighted by Gasteiger charge is 2.30. The average molecular weight is 316 g/mol. The summed E-state index contributed by atoms with van der Waals surface area (Å²) in [5, 5.41) is 2.47. The van der Waals surface area contributed by atoms with E-state index in [9.17, 15) is 14.4 Å². The number of nitrogens with one attached hydrogen (secondary N) is 1. The zero-order valence-corrected chi connectivity index (χ0v) is 14.6. The predicted molar refractivity (Wildman–Crippen MR) is 82.3 cm³/mol. The fourth-order valence-electron chi connectivity index (χ4n) is 1.88. The first-order valence-electron chi connectivity index (χ1n) is 7.37. The van der Waals surface area contributed by atoms with Crippen LogP contribution >= 0.6 is 0 Å². The van der Waals surface area contributed by atoms with Gasteiger partial charge < -0.3 is 19.7 Å². The van der Waals surface area contributed by atoms with Crippen LogP contribution < -0.4 is 5.32 Å². The third kappa shape index (κ3) is 6.78. The maximum absolute atomic E-state index is 12.3. The molecule has 128 valence electrons. The highest BCUT2D eigenvalue weighted by Crippen LogP contribution is 2.10. The number of hydrogen-bond donors (Lipinski definition) is 1. The van der Waals surface area contributed by atoms with Crippen LogP contribution in [0.5, 0.6) is 0 Å². The minimum Gasteiger partial charge on any atom is -0.467 e. The van der Waals surface area contributed by atoms with Gasteiger partial charge in [-0.25, -0.2) is 9.59 Å². The maximum atomic E-state index is 12.3. The van der Waals surface area contributed by atoms with Crippen molar-refractivity contribution in [2.75, 3.05) is 14.2 Å². The molecule has 0 bridgehead atoms. The van der Waals surface area contributed by atoms with Crippen LogP contribution in [0.15, 0.2) is 0 Å². The topological polar surface area (TPSA) is 84.9 Å². The third-order valence-corrected chi connectivity index (χ3v) is 2.95. The summed E-state index contributed by atoms with van der Waals surface area (Å²) in [6, 6.07) is -1.46. The number of alkyl carbamates (subject to hydrolysis) is 1. The van der Waals surface area contributed by atoms with Gasteiger partial charge in [0.15, 0.2) is 0 Å². The molecular weight excluding hydrogens is 288 g/mol. The van der Waals surface area contributed by atoms with Crippen LogP contribution in [0.25, 0.3) is 0 Å². The van der Waals surface area contributed by atoms with Gasteiger partial charge in [0.25, 0.3) is 0 Å². The number of ether oxygens (including phenoxy) is 2. The molecule has 0 heterocycles. The first-order chi connectivity index (χ1) is 10.0. The van der Waals surface area contributed by atoms with Gasteiger partial charge in [0.2, 0.25) is 5.91 Å². The number of amides is 2. The molecule has 0 unspecified atom stereocenters. The van der Waals surface area contributed by atoms with E-state index in [1.54, 1.807) is 27.7 Å². The fraction of sp³-hybridized carbons (Fsp3) is 0.800. The van der Waals surface area contributed by atoms with Crippen molar-refractivity contribution in [2.24, 2.45) is 0 Å². The molecular formula is C15H28N2O5. The molecule has 0 saturated carbocycles. The fourth-order valence-corrected chi connectivity index (χ4v) is 1.88. The summed E-state index contributed by atoms with van der Waals surface area (Å²) in [5.74, 6) is -0.850. The first kappa shape index (κ1) is 20.2. The second-order valence-electron chi connectivity index (χ2n) is 6.14. The lowest BCUT2D eigenvalue weighted by Gasteiger charge is -2.29. The second-order valence-corrected chi connectivity index (χ2v) is 6.14. The van der Waals surface area contributed by atoms with Crippen molar-refractivity contribution in [1.82, 2.24) is 10.2 Å². The molecule has 0 fully saturated rings. The Morgan fingerprint density at radius 1 is 1.23 bits per heavy atom. The predicted octanol–water partition coefficient (Wildman–Crippen LogP) is 1.70. The lowest BCUT2D eigenvalue weighted by atomic mass is 10.1. The molecule has 0 aliphatic rings. The highest BCUT2D eigenvalue weighted by atomic mass is 16.6. The molecule has 22 heavy (non-hydrogen) atoms. The van der Waals surface area contributed by atoms with E-state index in [0.717, 1.165) is 6.42 Å². The van der Waals surface area contributed by atoms with Crippen molar-refractivity contribution in [3.8, 4) is 0 Å². The maximum Gasteiger partial charge on any atom is 0.408 e.